The van der Waals surface area contributed by atoms with Gasteiger partial charge in [-0.3, -0.25) is 9.59 Å². The van der Waals surface area contributed by atoms with Crippen LogP contribution < -0.4 is 5.56 Å². The third-order valence-corrected chi connectivity index (χ3v) is 5.25. The van der Waals surface area contributed by atoms with E-state index in [2.05, 4.69) is 9.97 Å². The first kappa shape index (κ1) is 17.4. The number of carbonyl (C=O) groups is 1. The fourth-order valence-electron chi connectivity index (χ4n) is 3.83. The molecule has 0 radical (unpaired) electrons. The maximum absolute atomic E-state index is 13.3. The molecule has 6 heteroatoms. The molecule has 3 aromatic rings. The van der Waals surface area contributed by atoms with Crippen LogP contribution in [0, 0.1) is 5.82 Å². The molecule has 1 fully saturated rings. The van der Waals surface area contributed by atoms with Gasteiger partial charge in [-0.15, -0.1) is 0 Å². The number of rotatable bonds is 4. The van der Waals surface area contributed by atoms with E-state index in [9.17, 15) is 14.0 Å². The maximum Gasteiger partial charge on any atom is 0.317 e. The second-order valence-corrected chi connectivity index (χ2v) is 6.90. The number of halogens is 1. The Morgan fingerprint density at radius 3 is 2.56 bits per heavy atom. The van der Waals surface area contributed by atoms with Crippen molar-refractivity contribution in [1.82, 2.24) is 9.97 Å². The summed E-state index contributed by atoms with van der Waals surface area (Å²) in [6.45, 7) is -0.109. The van der Waals surface area contributed by atoms with Crippen LogP contribution in [-0.4, -0.2) is 15.9 Å². The summed E-state index contributed by atoms with van der Waals surface area (Å²) < 4.78 is 18.8. The second-order valence-electron chi connectivity index (χ2n) is 6.90. The molecule has 1 saturated carbocycles. The summed E-state index contributed by atoms with van der Waals surface area (Å²) in [5.74, 6) is -0.389. The standard InChI is InChI=1S/C21H19FN2O3/c22-15-9-7-14(8-10-15)21(11-3-4-12-21)20(26)27-13-18-23-17-6-2-1-5-16(17)19(25)24-18/h1-2,5-10H,3-4,11-13H2,(H,23,24,25). The van der Waals surface area contributed by atoms with Crippen molar-refractivity contribution in [3.63, 3.8) is 0 Å². The fraction of sp³-hybridized carbons (Fsp3) is 0.286. The number of ether oxygens (including phenoxy) is 1. The minimum atomic E-state index is -0.759. The van der Waals surface area contributed by atoms with Crippen LogP contribution in [0.25, 0.3) is 10.9 Å². The normalized spacial score (nSPS) is 15.7. The molecule has 5 nitrogen and oxygen atoms in total. The number of H-pyrrole nitrogens is 1. The Bertz CT molecular complexity index is 1040. The number of aromatic nitrogens is 2. The molecule has 0 unspecified atom stereocenters. The summed E-state index contributed by atoms with van der Waals surface area (Å²) >= 11 is 0. The van der Waals surface area contributed by atoms with Crippen LogP contribution in [-0.2, 0) is 21.6 Å². The third kappa shape index (κ3) is 3.23. The van der Waals surface area contributed by atoms with Gasteiger partial charge in [0, 0.05) is 0 Å². The minimum Gasteiger partial charge on any atom is -0.457 e. The third-order valence-electron chi connectivity index (χ3n) is 5.25. The molecule has 4 rings (SSSR count). The Morgan fingerprint density at radius 2 is 1.81 bits per heavy atom. The first-order chi connectivity index (χ1) is 13.1. The summed E-state index contributed by atoms with van der Waals surface area (Å²) in [6.07, 6.45) is 3.16. The van der Waals surface area contributed by atoms with E-state index < -0.39 is 5.41 Å². The van der Waals surface area contributed by atoms with Crippen molar-refractivity contribution in [3.05, 3.63) is 76.1 Å². The first-order valence-corrected chi connectivity index (χ1v) is 9.00. The molecule has 27 heavy (non-hydrogen) atoms. The molecule has 1 aliphatic carbocycles. The number of hydrogen-bond acceptors (Lipinski definition) is 4. The van der Waals surface area contributed by atoms with E-state index in [0.29, 0.717) is 29.6 Å². The van der Waals surface area contributed by atoms with E-state index >= 15 is 0 Å². The number of benzene rings is 2. The van der Waals surface area contributed by atoms with Gasteiger partial charge in [0.2, 0.25) is 0 Å². The summed E-state index contributed by atoms with van der Waals surface area (Å²) in [7, 11) is 0. The van der Waals surface area contributed by atoms with Crippen molar-refractivity contribution < 1.29 is 13.9 Å². The molecular weight excluding hydrogens is 347 g/mol. The lowest BCUT2D eigenvalue weighted by molar-refractivity contribution is -0.152. The molecule has 0 atom stereocenters. The van der Waals surface area contributed by atoms with E-state index in [-0.39, 0.29) is 24.0 Å². The Balaban J connectivity index is 1.57. The van der Waals surface area contributed by atoms with Gasteiger partial charge in [0.05, 0.1) is 16.3 Å². The number of para-hydroxylation sites is 1. The monoisotopic (exact) mass is 366 g/mol. The van der Waals surface area contributed by atoms with Gasteiger partial charge >= 0.3 is 5.97 Å². The van der Waals surface area contributed by atoms with Crippen LogP contribution in [0.15, 0.2) is 53.3 Å². The van der Waals surface area contributed by atoms with Crippen molar-refractivity contribution in [1.29, 1.82) is 0 Å². The molecule has 0 saturated heterocycles. The molecule has 0 amide bonds. The molecule has 138 valence electrons. The summed E-state index contributed by atoms with van der Waals surface area (Å²) in [5.41, 5.74) is 0.304. The van der Waals surface area contributed by atoms with E-state index in [1.807, 2.05) is 0 Å². The average Bonchev–Trinajstić information content (AvgIpc) is 3.18. The van der Waals surface area contributed by atoms with Crippen molar-refractivity contribution in [2.24, 2.45) is 0 Å². The predicted octanol–water partition coefficient (Wildman–Crippen LogP) is 3.62. The second kappa shape index (κ2) is 6.95. The van der Waals surface area contributed by atoms with Gasteiger partial charge in [-0.1, -0.05) is 37.1 Å². The van der Waals surface area contributed by atoms with E-state index in [4.69, 9.17) is 4.74 Å². The van der Waals surface area contributed by atoms with Crippen molar-refractivity contribution in [3.8, 4) is 0 Å². The predicted molar refractivity (Wildman–Crippen MR) is 98.7 cm³/mol. The number of fused-ring (bicyclic) bond motifs is 1. The molecule has 0 bridgehead atoms. The largest absolute Gasteiger partial charge is 0.457 e. The Labute approximate surface area is 155 Å². The summed E-state index contributed by atoms with van der Waals surface area (Å²) in [5, 5.41) is 0.492. The van der Waals surface area contributed by atoms with Crippen LogP contribution in [0.5, 0.6) is 0 Å². The van der Waals surface area contributed by atoms with Gasteiger partial charge in [-0.2, -0.15) is 0 Å². The zero-order valence-electron chi connectivity index (χ0n) is 14.7. The van der Waals surface area contributed by atoms with Crippen molar-refractivity contribution in [2.45, 2.75) is 37.7 Å². The average molecular weight is 366 g/mol. The van der Waals surface area contributed by atoms with Crippen LogP contribution >= 0.6 is 0 Å². The Kier molecular flexibility index (Phi) is 4.48. The van der Waals surface area contributed by atoms with Crippen LogP contribution in [0.3, 0.4) is 0 Å². The van der Waals surface area contributed by atoms with Gasteiger partial charge in [0.25, 0.3) is 5.56 Å². The van der Waals surface area contributed by atoms with E-state index in [1.165, 1.54) is 12.1 Å². The fourth-order valence-corrected chi connectivity index (χ4v) is 3.83. The van der Waals surface area contributed by atoms with Gasteiger partial charge in [-0.05, 0) is 42.7 Å². The summed E-state index contributed by atoms with van der Waals surface area (Å²) in [6, 6.07) is 13.0. The molecule has 2 aromatic carbocycles. The summed E-state index contributed by atoms with van der Waals surface area (Å²) in [4.78, 5) is 32.1. The van der Waals surface area contributed by atoms with Crippen LogP contribution in [0.2, 0.25) is 0 Å². The van der Waals surface area contributed by atoms with Crippen LogP contribution in [0.1, 0.15) is 37.1 Å². The molecule has 1 N–H and O–H groups in total. The lowest BCUT2D eigenvalue weighted by Crippen LogP contribution is -2.35. The van der Waals surface area contributed by atoms with Gasteiger partial charge in [0.15, 0.2) is 0 Å². The lowest BCUT2D eigenvalue weighted by Gasteiger charge is -2.27. The highest BCUT2D eigenvalue weighted by Crippen LogP contribution is 2.42. The number of hydrogen-bond donors (Lipinski definition) is 1. The SMILES string of the molecule is O=C(OCc1nc2ccccc2c(=O)[nH]1)C1(c2ccc(F)cc2)CCCC1. The van der Waals surface area contributed by atoms with Crippen LogP contribution in [0.4, 0.5) is 4.39 Å². The quantitative estimate of drug-likeness (QED) is 0.716. The minimum absolute atomic E-state index is 0.109. The number of carbonyl (C=O) groups excluding carboxylic acids is 1. The van der Waals surface area contributed by atoms with Crippen molar-refractivity contribution >= 4 is 16.9 Å². The molecular formula is C21H19FN2O3. The van der Waals surface area contributed by atoms with E-state index in [0.717, 1.165) is 18.4 Å². The molecule has 0 aliphatic heterocycles. The molecule has 1 aromatic heterocycles. The molecule has 1 aliphatic rings. The number of aromatic amines is 1. The highest BCUT2D eigenvalue weighted by atomic mass is 19.1. The zero-order valence-corrected chi connectivity index (χ0v) is 14.7. The Hall–Kier alpha value is -3.02. The van der Waals surface area contributed by atoms with Gasteiger partial charge in [-0.25, -0.2) is 9.37 Å². The number of nitrogens with zero attached hydrogens (tertiary/aromatic N) is 1. The van der Waals surface area contributed by atoms with Gasteiger partial charge in [0.1, 0.15) is 18.2 Å². The maximum atomic E-state index is 13.3. The molecule has 1 heterocycles. The highest BCUT2D eigenvalue weighted by Gasteiger charge is 2.44. The lowest BCUT2D eigenvalue weighted by atomic mass is 9.79. The number of nitrogens with one attached hydrogen (secondary N) is 1. The topological polar surface area (TPSA) is 72.0 Å². The smallest absolute Gasteiger partial charge is 0.317 e. The first-order valence-electron chi connectivity index (χ1n) is 9.00. The Morgan fingerprint density at radius 1 is 1.11 bits per heavy atom. The van der Waals surface area contributed by atoms with Crippen molar-refractivity contribution in [2.75, 3.05) is 0 Å². The van der Waals surface area contributed by atoms with Gasteiger partial charge < -0.3 is 9.72 Å². The zero-order chi connectivity index (χ0) is 18.9. The highest BCUT2D eigenvalue weighted by molar-refractivity contribution is 5.83. The number of esters is 1. The van der Waals surface area contributed by atoms with E-state index in [1.54, 1.807) is 36.4 Å². The molecule has 0 spiro atoms.